The maximum absolute atomic E-state index is 11.1. The molecule has 0 unspecified atom stereocenters. The van der Waals surface area contributed by atoms with E-state index in [0.717, 1.165) is 5.71 Å². The number of nitrogens with zero attached hydrogens (tertiary/aromatic N) is 1. The molecule has 0 aromatic carbocycles. The van der Waals surface area contributed by atoms with Crippen molar-refractivity contribution >= 4 is 17.8 Å². The molecule has 17 heavy (non-hydrogen) atoms. The van der Waals surface area contributed by atoms with Gasteiger partial charge in [0.25, 0.3) is 0 Å². The van der Waals surface area contributed by atoms with Gasteiger partial charge < -0.3 is 10.1 Å². The van der Waals surface area contributed by atoms with Gasteiger partial charge >= 0.3 is 12.1 Å². The number of esters is 1. The molecule has 0 heterocycles. The minimum absolute atomic E-state index is 0.244. The van der Waals surface area contributed by atoms with Gasteiger partial charge in [0, 0.05) is 12.1 Å². The number of rotatable bonds is 6. The summed E-state index contributed by atoms with van der Waals surface area (Å²) in [5.74, 6) is -0.486. The Kier molecular flexibility index (Phi) is 7.41. The van der Waals surface area contributed by atoms with E-state index in [1.807, 2.05) is 6.92 Å². The molecule has 0 fully saturated rings. The number of nitrogens with one attached hydrogen (secondary N) is 1. The maximum Gasteiger partial charge on any atom is 0.433 e. The first-order valence-corrected chi connectivity index (χ1v) is 5.25. The zero-order valence-corrected chi connectivity index (χ0v) is 10.4. The van der Waals surface area contributed by atoms with Gasteiger partial charge in [-0.2, -0.15) is 0 Å². The highest BCUT2D eigenvalue weighted by Gasteiger charge is 2.07. The van der Waals surface area contributed by atoms with E-state index in [0.29, 0.717) is 18.4 Å². The predicted molar refractivity (Wildman–Crippen MR) is 63.7 cm³/mol. The van der Waals surface area contributed by atoms with Crippen LogP contribution in [0.3, 0.4) is 0 Å². The van der Waals surface area contributed by atoms with Crippen LogP contribution in [0.2, 0.25) is 0 Å². The third-order valence-corrected chi connectivity index (χ3v) is 1.97. The van der Waals surface area contributed by atoms with E-state index in [-0.39, 0.29) is 6.54 Å². The Morgan fingerprint density at radius 2 is 2.06 bits per heavy atom. The van der Waals surface area contributed by atoms with Crippen molar-refractivity contribution in [3.05, 3.63) is 12.2 Å². The molecule has 0 spiro atoms. The Morgan fingerprint density at radius 1 is 1.41 bits per heavy atom. The van der Waals surface area contributed by atoms with Gasteiger partial charge in [0.15, 0.2) is 0 Å². The van der Waals surface area contributed by atoms with Crippen molar-refractivity contribution in [2.45, 2.75) is 26.7 Å². The SMILES string of the molecule is C=C(CCNC(=O)O/N=C(\C)CC)C(=O)OC. The average molecular weight is 242 g/mol. The summed E-state index contributed by atoms with van der Waals surface area (Å²) < 4.78 is 4.46. The van der Waals surface area contributed by atoms with Crippen molar-refractivity contribution in [1.82, 2.24) is 5.32 Å². The van der Waals surface area contributed by atoms with E-state index in [1.165, 1.54) is 7.11 Å². The van der Waals surface area contributed by atoms with Crippen molar-refractivity contribution in [1.29, 1.82) is 0 Å². The Morgan fingerprint density at radius 3 is 2.59 bits per heavy atom. The summed E-state index contributed by atoms with van der Waals surface area (Å²) in [6.45, 7) is 7.42. The van der Waals surface area contributed by atoms with Gasteiger partial charge in [0.2, 0.25) is 0 Å². The summed E-state index contributed by atoms with van der Waals surface area (Å²) in [6.07, 6.45) is 0.362. The molecule has 0 aliphatic carbocycles. The van der Waals surface area contributed by atoms with Gasteiger partial charge in [0.05, 0.1) is 12.8 Å². The zero-order valence-electron chi connectivity index (χ0n) is 10.4. The van der Waals surface area contributed by atoms with Crippen LogP contribution in [0.4, 0.5) is 4.79 Å². The smallest absolute Gasteiger partial charge is 0.433 e. The van der Waals surface area contributed by atoms with Crippen LogP contribution in [0.5, 0.6) is 0 Å². The Hall–Kier alpha value is -1.85. The van der Waals surface area contributed by atoms with Crippen LogP contribution < -0.4 is 5.32 Å². The van der Waals surface area contributed by atoms with E-state index >= 15 is 0 Å². The number of amides is 1. The lowest BCUT2D eigenvalue weighted by Gasteiger charge is -2.04. The highest BCUT2D eigenvalue weighted by Crippen LogP contribution is 1.98. The Balaban J connectivity index is 3.79. The van der Waals surface area contributed by atoms with Crippen molar-refractivity contribution in [3.63, 3.8) is 0 Å². The van der Waals surface area contributed by atoms with Gasteiger partial charge in [-0.15, -0.1) is 0 Å². The normalized spacial score (nSPS) is 10.6. The van der Waals surface area contributed by atoms with Crippen molar-refractivity contribution in [3.8, 4) is 0 Å². The molecule has 0 radical (unpaired) electrons. The maximum atomic E-state index is 11.1. The monoisotopic (exact) mass is 242 g/mol. The number of hydrogen-bond donors (Lipinski definition) is 1. The Bertz CT molecular complexity index is 323. The first-order chi connectivity index (χ1) is 8.01. The van der Waals surface area contributed by atoms with E-state index in [2.05, 4.69) is 26.6 Å². The number of oxime groups is 1. The summed E-state index contributed by atoms with van der Waals surface area (Å²) in [5, 5.41) is 6.02. The zero-order chi connectivity index (χ0) is 13.3. The van der Waals surface area contributed by atoms with Gasteiger partial charge in [-0.05, 0) is 19.8 Å². The van der Waals surface area contributed by atoms with Crippen LogP contribution in [0.15, 0.2) is 17.3 Å². The van der Waals surface area contributed by atoms with E-state index in [4.69, 9.17) is 0 Å². The molecule has 0 rings (SSSR count). The fraction of sp³-hybridized carbons (Fsp3) is 0.545. The molecule has 96 valence electrons. The summed E-state index contributed by atoms with van der Waals surface area (Å²) in [4.78, 5) is 26.6. The summed E-state index contributed by atoms with van der Waals surface area (Å²) in [7, 11) is 1.28. The Labute approximate surface area is 101 Å². The van der Waals surface area contributed by atoms with Gasteiger partial charge in [-0.25, -0.2) is 9.59 Å². The van der Waals surface area contributed by atoms with Crippen LogP contribution >= 0.6 is 0 Å². The largest absolute Gasteiger partial charge is 0.466 e. The van der Waals surface area contributed by atoms with Crippen LogP contribution in [-0.4, -0.2) is 31.4 Å². The van der Waals surface area contributed by atoms with Gasteiger partial charge in [-0.3, -0.25) is 4.84 Å². The van der Waals surface area contributed by atoms with Crippen molar-refractivity contribution in [2.75, 3.05) is 13.7 Å². The molecule has 6 nitrogen and oxygen atoms in total. The van der Waals surface area contributed by atoms with Gasteiger partial charge in [0.1, 0.15) is 0 Å². The summed E-state index contributed by atoms with van der Waals surface area (Å²) in [6, 6.07) is 0. The van der Waals surface area contributed by atoms with Gasteiger partial charge in [-0.1, -0.05) is 18.7 Å². The first kappa shape index (κ1) is 15.2. The number of ether oxygens (including phenoxy) is 1. The minimum atomic E-state index is -0.657. The topological polar surface area (TPSA) is 77.0 Å². The van der Waals surface area contributed by atoms with Crippen LogP contribution in [0.25, 0.3) is 0 Å². The second-order valence-electron chi connectivity index (χ2n) is 3.33. The predicted octanol–water partition coefficient (Wildman–Crippen LogP) is 1.62. The molecule has 0 aromatic rings. The summed E-state index contributed by atoms with van der Waals surface area (Å²) >= 11 is 0. The second-order valence-corrected chi connectivity index (χ2v) is 3.33. The third-order valence-electron chi connectivity index (χ3n) is 1.97. The molecule has 0 atom stereocenters. The molecular weight excluding hydrogens is 224 g/mol. The number of carbonyl (C=O) groups is 2. The molecule has 1 amide bonds. The van der Waals surface area contributed by atoms with Crippen molar-refractivity contribution < 1.29 is 19.2 Å². The quantitative estimate of drug-likeness (QED) is 0.252. The number of hydrogen-bond acceptors (Lipinski definition) is 5. The fourth-order valence-corrected chi connectivity index (χ4v) is 0.778. The molecule has 6 heteroatoms. The standard InChI is InChI=1S/C11H18N2O4/c1-5-9(3)13-17-11(15)12-7-6-8(2)10(14)16-4/h2,5-7H2,1,3-4H3,(H,12,15)/b13-9+. The second kappa shape index (κ2) is 8.32. The summed E-state index contributed by atoms with van der Waals surface area (Å²) in [5.41, 5.74) is 1.01. The lowest BCUT2D eigenvalue weighted by Crippen LogP contribution is -2.25. The van der Waals surface area contributed by atoms with E-state index in [9.17, 15) is 9.59 Å². The van der Waals surface area contributed by atoms with Crippen molar-refractivity contribution in [2.24, 2.45) is 5.16 Å². The number of methoxy groups -OCH3 is 1. The molecule has 0 aromatic heterocycles. The highest BCUT2D eigenvalue weighted by molar-refractivity contribution is 5.87. The lowest BCUT2D eigenvalue weighted by molar-refractivity contribution is -0.136. The minimum Gasteiger partial charge on any atom is -0.466 e. The van der Waals surface area contributed by atoms with Crippen LogP contribution in [0.1, 0.15) is 26.7 Å². The number of carbonyl (C=O) groups excluding carboxylic acids is 2. The van der Waals surface area contributed by atoms with Crippen LogP contribution in [0, 0.1) is 0 Å². The van der Waals surface area contributed by atoms with E-state index in [1.54, 1.807) is 6.92 Å². The molecule has 0 aliphatic rings. The molecule has 0 aliphatic heterocycles. The molecule has 0 saturated heterocycles. The molecule has 1 N–H and O–H groups in total. The highest BCUT2D eigenvalue weighted by atomic mass is 16.7. The molecular formula is C11H18N2O4. The van der Waals surface area contributed by atoms with Crippen LogP contribution in [-0.2, 0) is 14.4 Å². The third kappa shape index (κ3) is 7.10. The fourth-order valence-electron chi connectivity index (χ4n) is 0.778. The first-order valence-electron chi connectivity index (χ1n) is 5.25. The lowest BCUT2D eigenvalue weighted by atomic mass is 10.2. The van der Waals surface area contributed by atoms with E-state index < -0.39 is 12.1 Å². The molecule has 0 bridgehead atoms. The molecule has 0 saturated carbocycles. The average Bonchev–Trinajstić information content (AvgIpc) is 2.34.